The third kappa shape index (κ3) is 4.66. The predicted molar refractivity (Wildman–Crippen MR) is 69.1 cm³/mol. The highest BCUT2D eigenvalue weighted by atomic mass is 16.6. The van der Waals surface area contributed by atoms with Crippen LogP contribution in [0, 0.1) is 17.0 Å². The van der Waals surface area contributed by atoms with Gasteiger partial charge in [-0.15, -0.1) is 0 Å². The number of anilines is 1. The molecule has 1 aromatic rings. The molecule has 0 saturated carbocycles. The molecule has 0 aliphatic carbocycles. The highest BCUT2D eigenvalue weighted by Gasteiger charge is 2.22. The number of hydrogen-bond acceptors (Lipinski definition) is 7. The number of rotatable bonds is 8. The van der Waals surface area contributed by atoms with Crippen LogP contribution in [0.15, 0.2) is 0 Å². The van der Waals surface area contributed by atoms with Crippen molar-refractivity contribution in [2.75, 3.05) is 25.6 Å². The molecule has 2 N–H and O–H groups in total. The van der Waals surface area contributed by atoms with Crippen molar-refractivity contribution < 1.29 is 14.4 Å². The summed E-state index contributed by atoms with van der Waals surface area (Å²) in [5, 5.41) is 10.9. The Morgan fingerprint density at radius 1 is 1.32 bits per heavy atom. The Morgan fingerprint density at radius 2 is 2.05 bits per heavy atom. The molecule has 1 heterocycles. The van der Waals surface area contributed by atoms with Gasteiger partial charge in [0.15, 0.2) is 0 Å². The lowest BCUT2D eigenvalue weighted by Gasteiger charge is -2.08. The van der Waals surface area contributed by atoms with Crippen molar-refractivity contribution in [1.82, 2.24) is 9.97 Å². The molecule has 0 unspecified atom stereocenters. The minimum absolute atomic E-state index is 0.0509. The van der Waals surface area contributed by atoms with Crippen LogP contribution in [0.25, 0.3) is 0 Å². The number of nitrogens with zero attached hydrogens (tertiary/aromatic N) is 3. The molecule has 0 spiro atoms. The van der Waals surface area contributed by atoms with E-state index in [9.17, 15) is 10.1 Å². The van der Waals surface area contributed by atoms with Crippen LogP contribution in [0.5, 0.6) is 5.88 Å². The van der Waals surface area contributed by atoms with E-state index in [1.165, 1.54) is 6.92 Å². The standard InChI is InChI=1S/C11H18N4O4/c1-3-4-5-18-6-7-19-10-9(15(16)17)8(2)13-11(12)14-10/h3-7H2,1-2H3,(H2,12,13,14). The van der Waals surface area contributed by atoms with Crippen LogP contribution in [0.3, 0.4) is 0 Å². The normalized spacial score (nSPS) is 10.4. The summed E-state index contributed by atoms with van der Waals surface area (Å²) in [6, 6.07) is 0. The first kappa shape index (κ1) is 15.1. The van der Waals surface area contributed by atoms with Crippen molar-refractivity contribution in [2.24, 2.45) is 0 Å². The van der Waals surface area contributed by atoms with E-state index in [2.05, 4.69) is 16.9 Å². The van der Waals surface area contributed by atoms with Gasteiger partial charge in [0.05, 0.1) is 11.5 Å². The maximum Gasteiger partial charge on any atom is 0.352 e. The summed E-state index contributed by atoms with van der Waals surface area (Å²) in [6.45, 7) is 4.73. The Bertz CT molecular complexity index is 439. The van der Waals surface area contributed by atoms with Crippen LogP contribution >= 0.6 is 0 Å². The molecular weight excluding hydrogens is 252 g/mol. The molecule has 0 bridgehead atoms. The molecular formula is C11H18N4O4. The molecule has 0 amide bonds. The zero-order valence-corrected chi connectivity index (χ0v) is 11.1. The zero-order chi connectivity index (χ0) is 14.3. The maximum atomic E-state index is 10.9. The summed E-state index contributed by atoms with van der Waals surface area (Å²) in [7, 11) is 0. The largest absolute Gasteiger partial charge is 0.470 e. The maximum absolute atomic E-state index is 10.9. The zero-order valence-electron chi connectivity index (χ0n) is 11.1. The lowest BCUT2D eigenvalue weighted by atomic mass is 10.3. The number of nitrogens with two attached hydrogens (primary N) is 1. The van der Waals surface area contributed by atoms with Gasteiger partial charge in [-0.1, -0.05) is 13.3 Å². The molecule has 19 heavy (non-hydrogen) atoms. The Hall–Kier alpha value is -1.96. The second-order valence-electron chi connectivity index (χ2n) is 3.89. The summed E-state index contributed by atoms with van der Waals surface area (Å²) in [6.07, 6.45) is 2.02. The summed E-state index contributed by atoms with van der Waals surface area (Å²) in [5.41, 5.74) is 5.36. The SMILES string of the molecule is CCCCOCCOc1nc(N)nc(C)c1[N+](=O)[O-]. The van der Waals surface area contributed by atoms with Crippen LogP contribution in [0.4, 0.5) is 11.6 Å². The van der Waals surface area contributed by atoms with Gasteiger partial charge >= 0.3 is 5.69 Å². The third-order valence-corrected chi connectivity index (χ3v) is 2.33. The monoisotopic (exact) mass is 270 g/mol. The Kier molecular flexibility index (Phi) is 5.94. The Morgan fingerprint density at radius 3 is 2.68 bits per heavy atom. The summed E-state index contributed by atoms with van der Waals surface area (Å²) < 4.78 is 10.5. The highest BCUT2D eigenvalue weighted by Crippen LogP contribution is 2.27. The molecule has 8 nitrogen and oxygen atoms in total. The number of hydrogen-bond donors (Lipinski definition) is 1. The molecule has 0 fully saturated rings. The van der Waals surface area contributed by atoms with Crippen LogP contribution in [0.2, 0.25) is 0 Å². The van der Waals surface area contributed by atoms with Gasteiger partial charge in [0.1, 0.15) is 12.3 Å². The molecule has 0 aromatic carbocycles. The number of aromatic nitrogens is 2. The first-order chi connectivity index (χ1) is 9.06. The van der Waals surface area contributed by atoms with E-state index in [-0.39, 0.29) is 29.8 Å². The van der Waals surface area contributed by atoms with Gasteiger partial charge < -0.3 is 15.2 Å². The van der Waals surface area contributed by atoms with Crippen LogP contribution in [0.1, 0.15) is 25.5 Å². The molecule has 1 rings (SSSR count). The minimum Gasteiger partial charge on any atom is -0.470 e. The average molecular weight is 270 g/mol. The van der Waals surface area contributed by atoms with Gasteiger partial charge in [0.25, 0.3) is 5.88 Å². The van der Waals surface area contributed by atoms with E-state index in [1.54, 1.807) is 0 Å². The summed E-state index contributed by atoms with van der Waals surface area (Å²) in [4.78, 5) is 17.8. The molecule has 0 aliphatic heterocycles. The van der Waals surface area contributed by atoms with E-state index in [0.29, 0.717) is 13.2 Å². The van der Waals surface area contributed by atoms with Crippen molar-refractivity contribution in [3.63, 3.8) is 0 Å². The van der Waals surface area contributed by atoms with E-state index >= 15 is 0 Å². The van der Waals surface area contributed by atoms with E-state index in [4.69, 9.17) is 15.2 Å². The lowest BCUT2D eigenvalue weighted by Crippen LogP contribution is -2.11. The number of nitro groups is 1. The average Bonchev–Trinajstić information content (AvgIpc) is 2.32. The van der Waals surface area contributed by atoms with E-state index < -0.39 is 4.92 Å². The number of unbranched alkanes of at least 4 members (excludes halogenated alkanes) is 1. The van der Waals surface area contributed by atoms with Crippen LogP contribution in [-0.2, 0) is 4.74 Å². The third-order valence-electron chi connectivity index (χ3n) is 2.33. The molecule has 0 radical (unpaired) electrons. The second kappa shape index (κ2) is 7.47. The van der Waals surface area contributed by atoms with E-state index in [1.807, 2.05) is 0 Å². The van der Waals surface area contributed by atoms with Crippen LogP contribution < -0.4 is 10.5 Å². The van der Waals surface area contributed by atoms with Gasteiger partial charge in [-0.3, -0.25) is 10.1 Å². The van der Waals surface area contributed by atoms with Gasteiger partial charge in [-0.05, 0) is 13.3 Å². The summed E-state index contributed by atoms with van der Waals surface area (Å²) >= 11 is 0. The van der Waals surface area contributed by atoms with Crippen molar-refractivity contribution in [3.8, 4) is 5.88 Å². The lowest BCUT2D eigenvalue weighted by molar-refractivity contribution is -0.387. The first-order valence-electron chi connectivity index (χ1n) is 6.05. The Balaban J connectivity index is 2.59. The van der Waals surface area contributed by atoms with Crippen molar-refractivity contribution >= 4 is 11.6 Å². The highest BCUT2D eigenvalue weighted by molar-refractivity contribution is 5.47. The molecule has 8 heteroatoms. The van der Waals surface area contributed by atoms with Gasteiger partial charge in [0.2, 0.25) is 5.95 Å². The first-order valence-corrected chi connectivity index (χ1v) is 6.05. The fourth-order valence-corrected chi connectivity index (χ4v) is 1.42. The smallest absolute Gasteiger partial charge is 0.352 e. The second-order valence-corrected chi connectivity index (χ2v) is 3.89. The van der Waals surface area contributed by atoms with Crippen LogP contribution in [-0.4, -0.2) is 34.7 Å². The molecule has 1 aromatic heterocycles. The summed E-state index contributed by atoms with van der Waals surface area (Å²) in [5.74, 6) is -0.168. The van der Waals surface area contributed by atoms with Gasteiger partial charge in [-0.2, -0.15) is 4.98 Å². The van der Waals surface area contributed by atoms with Crippen molar-refractivity contribution in [3.05, 3.63) is 15.8 Å². The molecule has 0 atom stereocenters. The number of ether oxygens (including phenoxy) is 2. The van der Waals surface area contributed by atoms with Gasteiger partial charge in [0, 0.05) is 6.61 Å². The topological polar surface area (TPSA) is 113 Å². The number of aryl methyl sites for hydroxylation is 1. The van der Waals surface area contributed by atoms with Crippen molar-refractivity contribution in [2.45, 2.75) is 26.7 Å². The molecule has 0 saturated heterocycles. The van der Waals surface area contributed by atoms with Gasteiger partial charge in [-0.25, -0.2) is 4.98 Å². The molecule has 0 aliphatic rings. The number of nitrogen functional groups attached to an aromatic ring is 1. The molecule has 106 valence electrons. The fraction of sp³-hybridized carbons (Fsp3) is 0.636. The fourth-order valence-electron chi connectivity index (χ4n) is 1.42. The Labute approximate surface area is 111 Å². The minimum atomic E-state index is -0.581. The van der Waals surface area contributed by atoms with E-state index in [0.717, 1.165) is 12.8 Å². The quantitative estimate of drug-likeness (QED) is 0.432. The van der Waals surface area contributed by atoms with Crippen molar-refractivity contribution in [1.29, 1.82) is 0 Å². The predicted octanol–water partition coefficient (Wildman–Crippen LogP) is 1.47.